The first kappa shape index (κ1) is 21.2. The van der Waals surface area contributed by atoms with Gasteiger partial charge in [-0.25, -0.2) is 0 Å². The van der Waals surface area contributed by atoms with Crippen molar-refractivity contribution in [1.29, 1.82) is 0 Å². The first-order valence-corrected chi connectivity index (χ1v) is 10.1. The van der Waals surface area contributed by atoms with Gasteiger partial charge in [0.15, 0.2) is 0 Å². The lowest BCUT2D eigenvalue weighted by atomic mass is 9.76. The van der Waals surface area contributed by atoms with Gasteiger partial charge in [0.1, 0.15) is 12.4 Å². The Bertz CT molecular complexity index is 651. The molecule has 5 nitrogen and oxygen atoms in total. The molecule has 8 heteroatoms. The second kappa shape index (κ2) is 8.47. The van der Waals surface area contributed by atoms with Crippen LogP contribution in [0.4, 0.5) is 18.9 Å². The average Bonchev–Trinajstić information content (AvgIpc) is 2.68. The molecule has 6 N–H and O–H groups in total. The van der Waals surface area contributed by atoms with E-state index in [-0.39, 0.29) is 18.9 Å². The van der Waals surface area contributed by atoms with Crippen molar-refractivity contribution in [3.63, 3.8) is 0 Å². The fourth-order valence-electron chi connectivity index (χ4n) is 4.26. The van der Waals surface area contributed by atoms with Crippen LogP contribution in [0.5, 0.6) is 5.75 Å². The van der Waals surface area contributed by atoms with Gasteiger partial charge in [-0.2, -0.15) is 13.2 Å². The number of benzene rings is 1. The third kappa shape index (κ3) is 4.72. The first-order chi connectivity index (χ1) is 13.2. The number of ether oxygens (including phenoxy) is 1. The fourth-order valence-corrected chi connectivity index (χ4v) is 4.26. The molecule has 1 aliphatic heterocycles. The van der Waals surface area contributed by atoms with Gasteiger partial charge >= 0.3 is 6.18 Å². The van der Waals surface area contributed by atoms with Crippen LogP contribution in [0.25, 0.3) is 0 Å². The number of halogens is 3. The summed E-state index contributed by atoms with van der Waals surface area (Å²) in [6.45, 7) is 1.41. The second-order valence-electron chi connectivity index (χ2n) is 8.12. The minimum Gasteiger partial charge on any atom is -0.490 e. The number of hydrogen-bond donors (Lipinski definition) is 3. The summed E-state index contributed by atoms with van der Waals surface area (Å²) in [7, 11) is 0. The molecule has 3 rings (SSSR count). The van der Waals surface area contributed by atoms with E-state index in [1.54, 1.807) is 0 Å². The number of anilines is 1. The van der Waals surface area contributed by atoms with Crippen LogP contribution < -0.4 is 26.8 Å². The monoisotopic (exact) mass is 400 g/mol. The lowest BCUT2D eigenvalue weighted by Crippen LogP contribution is -2.43. The molecule has 0 bridgehead atoms. The molecule has 0 aromatic heterocycles. The second-order valence-corrected chi connectivity index (χ2v) is 8.12. The Morgan fingerprint density at radius 2 is 1.75 bits per heavy atom. The normalized spacial score (nSPS) is 27.1. The van der Waals surface area contributed by atoms with Crippen LogP contribution >= 0.6 is 0 Å². The van der Waals surface area contributed by atoms with E-state index < -0.39 is 17.6 Å². The van der Waals surface area contributed by atoms with Gasteiger partial charge in [-0.05, 0) is 56.2 Å². The van der Waals surface area contributed by atoms with E-state index in [1.165, 1.54) is 0 Å². The Morgan fingerprint density at radius 3 is 2.32 bits per heavy atom. The van der Waals surface area contributed by atoms with Gasteiger partial charge in [0.05, 0.1) is 11.6 Å². The molecule has 1 saturated carbocycles. The smallest absolute Gasteiger partial charge is 0.391 e. The lowest BCUT2D eigenvalue weighted by molar-refractivity contribution is -0.179. The quantitative estimate of drug-likeness (QED) is 0.707. The maximum atomic E-state index is 13.0. The van der Waals surface area contributed by atoms with Crippen LogP contribution in [0.1, 0.15) is 44.1 Å². The van der Waals surface area contributed by atoms with E-state index in [0.29, 0.717) is 32.0 Å². The predicted octanol–water partition coefficient (Wildman–Crippen LogP) is 2.86. The van der Waals surface area contributed by atoms with Gasteiger partial charge in [0.2, 0.25) is 0 Å². The highest BCUT2D eigenvalue weighted by Gasteiger charge is 2.41. The molecule has 0 atom stereocenters. The van der Waals surface area contributed by atoms with Crippen LogP contribution in [-0.2, 0) is 5.54 Å². The molecule has 1 heterocycles. The van der Waals surface area contributed by atoms with E-state index in [4.69, 9.17) is 21.9 Å². The van der Waals surface area contributed by atoms with Crippen LogP contribution in [0.3, 0.4) is 0 Å². The van der Waals surface area contributed by atoms with Crippen molar-refractivity contribution in [2.45, 2.75) is 56.3 Å². The molecule has 0 amide bonds. The molecule has 1 aromatic carbocycles. The Balaban J connectivity index is 1.80. The Hall–Kier alpha value is -1.51. The molecule has 158 valence electrons. The average molecular weight is 400 g/mol. The van der Waals surface area contributed by atoms with Crippen molar-refractivity contribution in [3.05, 3.63) is 23.8 Å². The maximum absolute atomic E-state index is 13.0. The largest absolute Gasteiger partial charge is 0.490 e. The third-order valence-electron chi connectivity index (χ3n) is 6.13. The first-order valence-electron chi connectivity index (χ1n) is 10.1. The summed E-state index contributed by atoms with van der Waals surface area (Å²) < 4.78 is 44.8. The highest BCUT2D eigenvalue weighted by Crippen LogP contribution is 2.41. The molecular weight excluding hydrogens is 369 g/mol. The zero-order chi connectivity index (χ0) is 20.4. The van der Waals surface area contributed by atoms with Crippen molar-refractivity contribution in [2.24, 2.45) is 23.1 Å². The molecular formula is C20H31F3N4O. The number of hydrogen-bond acceptors (Lipinski definition) is 5. The van der Waals surface area contributed by atoms with Gasteiger partial charge in [-0.1, -0.05) is 6.07 Å². The fraction of sp³-hybridized carbons (Fsp3) is 0.700. The van der Waals surface area contributed by atoms with Gasteiger partial charge in [0.25, 0.3) is 0 Å². The van der Waals surface area contributed by atoms with Crippen molar-refractivity contribution in [3.8, 4) is 5.75 Å². The standard InChI is InChI=1S/C20H31F3N4O/c21-20(22,23)14-5-10-27(11-6-14)17-2-1-15(13-18(17)28-12-9-24)19(26)7-3-16(25)4-8-19/h1-2,13-14,16H,3-12,24-26H2. The molecule has 0 radical (unpaired) electrons. The molecule has 2 aliphatic rings. The predicted molar refractivity (Wildman–Crippen MR) is 104 cm³/mol. The SMILES string of the molecule is NCCOc1cc(C2(N)CCC(N)CC2)ccc1N1CCC(C(F)(F)F)CC1. The highest BCUT2D eigenvalue weighted by molar-refractivity contribution is 5.61. The van der Waals surface area contributed by atoms with Crippen LogP contribution in [-0.4, -0.2) is 38.5 Å². The van der Waals surface area contributed by atoms with Gasteiger partial charge in [-0.15, -0.1) is 0 Å². The Morgan fingerprint density at radius 1 is 1.11 bits per heavy atom. The third-order valence-corrected chi connectivity index (χ3v) is 6.13. The molecule has 1 aromatic rings. The topological polar surface area (TPSA) is 90.5 Å². The summed E-state index contributed by atoms with van der Waals surface area (Å²) in [6, 6.07) is 6.05. The van der Waals surface area contributed by atoms with Crippen LogP contribution in [0, 0.1) is 5.92 Å². The van der Waals surface area contributed by atoms with E-state index in [0.717, 1.165) is 36.9 Å². The Kier molecular flexibility index (Phi) is 6.41. The van der Waals surface area contributed by atoms with Gasteiger partial charge in [0, 0.05) is 31.2 Å². The summed E-state index contributed by atoms with van der Waals surface area (Å²) in [5, 5.41) is 0. The summed E-state index contributed by atoms with van der Waals surface area (Å²) in [4.78, 5) is 1.97. The minimum atomic E-state index is -4.12. The molecule has 0 unspecified atom stereocenters. The lowest BCUT2D eigenvalue weighted by Gasteiger charge is -2.38. The van der Waals surface area contributed by atoms with Crippen LogP contribution in [0.15, 0.2) is 18.2 Å². The minimum absolute atomic E-state index is 0.0975. The summed E-state index contributed by atoms with van der Waals surface area (Å²) >= 11 is 0. The summed E-state index contributed by atoms with van der Waals surface area (Å²) in [5.41, 5.74) is 19.6. The molecule has 28 heavy (non-hydrogen) atoms. The van der Waals surface area contributed by atoms with Crippen molar-refractivity contribution in [2.75, 3.05) is 31.1 Å². The van der Waals surface area contributed by atoms with E-state index in [9.17, 15) is 13.2 Å². The van der Waals surface area contributed by atoms with Crippen molar-refractivity contribution in [1.82, 2.24) is 0 Å². The number of rotatable bonds is 5. The van der Waals surface area contributed by atoms with Gasteiger partial charge < -0.3 is 26.8 Å². The number of piperidine rings is 1. The number of nitrogens with zero attached hydrogens (tertiary/aromatic N) is 1. The van der Waals surface area contributed by atoms with Gasteiger partial charge in [-0.3, -0.25) is 0 Å². The van der Waals surface area contributed by atoms with E-state index in [2.05, 4.69) is 0 Å². The molecule has 2 fully saturated rings. The zero-order valence-corrected chi connectivity index (χ0v) is 16.2. The molecule has 1 aliphatic carbocycles. The molecule has 0 spiro atoms. The van der Waals surface area contributed by atoms with Crippen LogP contribution in [0.2, 0.25) is 0 Å². The summed E-state index contributed by atoms with van der Waals surface area (Å²) in [6.07, 6.45) is -0.560. The Labute approximate surface area is 164 Å². The zero-order valence-electron chi connectivity index (χ0n) is 16.2. The van der Waals surface area contributed by atoms with E-state index in [1.807, 2.05) is 23.1 Å². The number of nitrogens with two attached hydrogens (primary N) is 3. The van der Waals surface area contributed by atoms with Crippen molar-refractivity contribution >= 4 is 5.69 Å². The highest BCUT2D eigenvalue weighted by atomic mass is 19.4. The summed E-state index contributed by atoms with van der Waals surface area (Å²) in [5.74, 6) is -0.580. The maximum Gasteiger partial charge on any atom is 0.391 e. The van der Waals surface area contributed by atoms with Crippen molar-refractivity contribution < 1.29 is 17.9 Å². The number of alkyl halides is 3. The molecule has 1 saturated heterocycles. The van der Waals surface area contributed by atoms with E-state index >= 15 is 0 Å².